The molecular weight excluding hydrogens is 190 g/mol. The van der Waals surface area contributed by atoms with E-state index in [4.69, 9.17) is 10.5 Å². The number of hydrogen-bond donors (Lipinski definition) is 1. The van der Waals surface area contributed by atoms with Gasteiger partial charge in [0.05, 0.1) is 18.8 Å². The van der Waals surface area contributed by atoms with E-state index in [1.165, 1.54) is 18.4 Å². The first-order chi connectivity index (χ1) is 7.22. The number of nitrogens with zero attached hydrogens (tertiary/aromatic N) is 2. The molecule has 2 N–H and O–H groups in total. The van der Waals surface area contributed by atoms with Crippen LogP contribution in [-0.4, -0.2) is 17.1 Å². The third-order valence-electron chi connectivity index (χ3n) is 2.76. The zero-order valence-corrected chi connectivity index (χ0v) is 9.29. The largest absolute Gasteiger partial charge is 0.481 e. The van der Waals surface area contributed by atoms with Gasteiger partial charge in [-0.25, -0.2) is 4.98 Å². The Bertz CT molecular complexity index is 346. The molecule has 1 unspecified atom stereocenters. The third kappa shape index (κ3) is 1.95. The van der Waals surface area contributed by atoms with Crippen molar-refractivity contribution < 1.29 is 4.74 Å². The molecule has 0 spiro atoms. The zero-order valence-electron chi connectivity index (χ0n) is 9.29. The summed E-state index contributed by atoms with van der Waals surface area (Å²) in [4.78, 5) is 8.85. The second-order valence-electron chi connectivity index (χ2n) is 4.01. The topological polar surface area (TPSA) is 61.0 Å². The standard InChI is InChI=1S/C11H17N3O/c1-7(12)10-13-9-6-4-3-5-8(9)11(14-10)15-2/h7H,3-6,12H2,1-2H3. The molecule has 0 saturated heterocycles. The molecule has 1 heterocycles. The average Bonchev–Trinajstić information content (AvgIpc) is 2.27. The molecule has 0 aromatic carbocycles. The van der Waals surface area contributed by atoms with Gasteiger partial charge in [-0.15, -0.1) is 0 Å². The molecule has 1 aromatic rings. The Hall–Kier alpha value is -1.16. The highest BCUT2D eigenvalue weighted by Crippen LogP contribution is 2.27. The molecule has 1 aliphatic carbocycles. The maximum atomic E-state index is 5.79. The van der Waals surface area contributed by atoms with Gasteiger partial charge in [-0.05, 0) is 32.6 Å². The van der Waals surface area contributed by atoms with Crippen molar-refractivity contribution in [3.05, 3.63) is 17.1 Å². The summed E-state index contributed by atoms with van der Waals surface area (Å²) in [5, 5.41) is 0. The fraction of sp³-hybridized carbons (Fsp3) is 0.636. The van der Waals surface area contributed by atoms with Gasteiger partial charge in [0.1, 0.15) is 5.82 Å². The highest BCUT2D eigenvalue weighted by molar-refractivity contribution is 5.33. The van der Waals surface area contributed by atoms with Crippen LogP contribution in [0.25, 0.3) is 0 Å². The van der Waals surface area contributed by atoms with E-state index in [9.17, 15) is 0 Å². The van der Waals surface area contributed by atoms with Gasteiger partial charge in [0.15, 0.2) is 0 Å². The molecule has 0 bridgehead atoms. The van der Waals surface area contributed by atoms with Crippen LogP contribution in [0.15, 0.2) is 0 Å². The van der Waals surface area contributed by atoms with Gasteiger partial charge in [0.2, 0.25) is 5.88 Å². The predicted molar refractivity (Wildman–Crippen MR) is 57.8 cm³/mol. The van der Waals surface area contributed by atoms with Crippen molar-refractivity contribution in [2.75, 3.05) is 7.11 Å². The number of aromatic nitrogens is 2. The van der Waals surface area contributed by atoms with Gasteiger partial charge in [-0.3, -0.25) is 0 Å². The fourth-order valence-corrected chi connectivity index (χ4v) is 1.95. The Morgan fingerprint density at radius 2 is 2.00 bits per heavy atom. The minimum Gasteiger partial charge on any atom is -0.481 e. The zero-order chi connectivity index (χ0) is 10.8. The Morgan fingerprint density at radius 1 is 1.27 bits per heavy atom. The molecule has 4 nitrogen and oxygen atoms in total. The summed E-state index contributed by atoms with van der Waals surface area (Å²) < 4.78 is 5.30. The first-order valence-electron chi connectivity index (χ1n) is 5.41. The van der Waals surface area contributed by atoms with Gasteiger partial charge >= 0.3 is 0 Å². The number of rotatable bonds is 2. The summed E-state index contributed by atoms with van der Waals surface area (Å²) in [7, 11) is 1.65. The van der Waals surface area contributed by atoms with Crippen LogP contribution >= 0.6 is 0 Å². The van der Waals surface area contributed by atoms with Crippen LogP contribution in [0.3, 0.4) is 0 Å². The number of hydrogen-bond acceptors (Lipinski definition) is 4. The van der Waals surface area contributed by atoms with Crippen molar-refractivity contribution in [3.8, 4) is 5.88 Å². The molecule has 2 rings (SSSR count). The minimum atomic E-state index is -0.133. The van der Waals surface area contributed by atoms with Crippen molar-refractivity contribution >= 4 is 0 Å². The van der Waals surface area contributed by atoms with Crippen LogP contribution in [0.1, 0.15) is 42.9 Å². The van der Waals surface area contributed by atoms with Crippen LogP contribution in [0.2, 0.25) is 0 Å². The Labute approximate surface area is 89.9 Å². The summed E-state index contributed by atoms with van der Waals surface area (Å²) >= 11 is 0. The lowest BCUT2D eigenvalue weighted by atomic mass is 9.97. The first kappa shape index (κ1) is 10.4. The predicted octanol–water partition coefficient (Wildman–Crippen LogP) is 1.38. The molecule has 0 fully saturated rings. The lowest BCUT2D eigenvalue weighted by molar-refractivity contribution is 0.383. The number of fused-ring (bicyclic) bond motifs is 1. The summed E-state index contributed by atoms with van der Waals surface area (Å²) in [6.45, 7) is 1.89. The molecule has 4 heteroatoms. The fourth-order valence-electron chi connectivity index (χ4n) is 1.95. The SMILES string of the molecule is COc1nc(C(C)N)nc2c1CCCC2. The van der Waals surface area contributed by atoms with Gasteiger partial charge < -0.3 is 10.5 Å². The lowest BCUT2D eigenvalue weighted by Gasteiger charge is -2.18. The monoisotopic (exact) mass is 207 g/mol. The van der Waals surface area contributed by atoms with E-state index < -0.39 is 0 Å². The van der Waals surface area contributed by atoms with E-state index in [-0.39, 0.29) is 6.04 Å². The second kappa shape index (κ2) is 4.14. The summed E-state index contributed by atoms with van der Waals surface area (Å²) in [5.74, 6) is 1.40. The molecule has 15 heavy (non-hydrogen) atoms. The number of ether oxygens (including phenoxy) is 1. The van der Waals surface area contributed by atoms with E-state index in [2.05, 4.69) is 9.97 Å². The first-order valence-corrected chi connectivity index (χ1v) is 5.41. The van der Waals surface area contributed by atoms with Crippen molar-refractivity contribution in [1.29, 1.82) is 0 Å². The van der Waals surface area contributed by atoms with E-state index in [0.717, 1.165) is 18.5 Å². The number of methoxy groups -OCH3 is 1. The molecule has 1 aromatic heterocycles. The van der Waals surface area contributed by atoms with Crippen molar-refractivity contribution in [2.45, 2.75) is 38.6 Å². The molecular formula is C11H17N3O. The summed E-state index contributed by atoms with van der Waals surface area (Å²) in [6.07, 6.45) is 4.45. The number of aryl methyl sites for hydroxylation is 1. The van der Waals surface area contributed by atoms with E-state index in [1.54, 1.807) is 7.11 Å². The van der Waals surface area contributed by atoms with Gasteiger partial charge in [0, 0.05) is 5.56 Å². The Morgan fingerprint density at radius 3 is 2.67 bits per heavy atom. The van der Waals surface area contributed by atoms with Crippen LogP contribution < -0.4 is 10.5 Å². The van der Waals surface area contributed by atoms with Crippen LogP contribution in [0.4, 0.5) is 0 Å². The molecule has 0 amide bonds. The minimum absolute atomic E-state index is 0.133. The van der Waals surface area contributed by atoms with E-state index in [0.29, 0.717) is 11.7 Å². The second-order valence-corrected chi connectivity index (χ2v) is 4.01. The molecule has 1 atom stereocenters. The Kier molecular flexibility index (Phi) is 2.86. The molecule has 0 aliphatic heterocycles. The average molecular weight is 207 g/mol. The molecule has 0 radical (unpaired) electrons. The molecule has 1 aliphatic rings. The van der Waals surface area contributed by atoms with E-state index in [1.807, 2.05) is 6.92 Å². The van der Waals surface area contributed by atoms with Crippen molar-refractivity contribution in [2.24, 2.45) is 5.73 Å². The van der Waals surface area contributed by atoms with Gasteiger partial charge in [-0.2, -0.15) is 4.98 Å². The van der Waals surface area contributed by atoms with Crippen LogP contribution in [-0.2, 0) is 12.8 Å². The smallest absolute Gasteiger partial charge is 0.219 e. The van der Waals surface area contributed by atoms with Crippen molar-refractivity contribution in [3.63, 3.8) is 0 Å². The van der Waals surface area contributed by atoms with Crippen LogP contribution in [0, 0.1) is 0 Å². The normalized spacial score (nSPS) is 17.0. The third-order valence-corrected chi connectivity index (χ3v) is 2.76. The summed E-state index contributed by atoms with van der Waals surface area (Å²) in [5.41, 5.74) is 8.09. The Balaban J connectivity index is 2.48. The lowest BCUT2D eigenvalue weighted by Crippen LogP contribution is -2.16. The van der Waals surface area contributed by atoms with Crippen molar-refractivity contribution in [1.82, 2.24) is 9.97 Å². The molecule has 82 valence electrons. The van der Waals surface area contributed by atoms with Gasteiger partial charge in [0.25, 0.3) is 0 Å². The van der Waals surface area contributed by atoms with Crippen LogP contribution in [0.5, 0.6) is 5.88 Å². The summed E-state index contributed by atoms with van der Waals surface area (Å²) in [6, 6.07) is -0.133. The maximum absolute atomic E-state index is 5.79. The van der Waals surface area contributed by atoms with E-state index >= 15 is 0 Å². The highest BCUT2D eigenvalue weighted by atomic mass is 16.5. The van der Waals surface area contributed by atoms with Gasteiger partial charge in [-0.1, -0.05) is 0 Å². The maximum Gasteiger partial charge on any atom is 0.219 e. The quantitative estimate of drug-likeness (QED) is 0.796. The number of nitrogens with two attached hydrogens (primary N) is 1. The molecule has 0 saturated carbocycles. The highest BCUT2D eigenvalue weighted by Gasteiger charge is 2.19.